The second kappa shape index (κ2) is 7.77. The van der Waals surface area contributed by atoms with Gasteiger partial charge in [0, 0.05) is 15.6 Å². The van der Waals surface area contributed by atoms with Crippen LogP contribution in [0, 0.1) is 17.4 Å². The minimum atomic E-state index is -1.55. The first-order valence-electron chi connectivity index (χ1n) is 6.80. The zero-order valence-corrected chi connectivity index (χ0v) is 15.3. The second-order valence-corrected chi connectivity index (χ2v) is 13.3. The molecule has 0 unspecified atom stereocenters. The average Bonchev–Trinajstić information content (AvgIpc) is 2.23. The molecule has 0 aliphatic carbocycles. The molecule has 0 saturated heterocycles. The lowest BCUT2D eigenvalue weighted by molar-refractivity contribution is -0.114. The van der Waals surface area contributed by atoms with Gasteiger partial charge in [-0.05, 0) is 12.0 Å². The molecule has 0 radical (unpaired) electrons. The van der Waals surface area contributed by atoms with Crippen LogP contribution in [0.25, 0.3) is 10.4 Å². The normalized spacial score (nSPS) is 14.6. The summed E-state index contributed by atoms with van der Waals surface area (Å²) in [5.74, 6) is 2.70. The summed E-state index contributed by atoms with van der Waals surface area (Å²) in [4.78, 5) is 15.2. The Hall–Kier alpha value is -0.893. The summed E-state index contributed by atoms with van der Waals surface area (Å²) in [6, 6.07) is -0.556. The van der Waals surface area contributed by atoms with Crippen molar-refractivity contribution in [2.45, 2.75) is 64.5 Å². The summed E-state index contributed by atoms with van der Waals surface area (Å²) in [6.45, 7) is 14.3. The van der Waals surface area contributed by atoms with Crippen LogP contribution in [0.4, 0.5) is 0 Å². The molecule has 20 heavy (non-hydrogen) atoms. The molecule has 0 rings (SSSR count). The monoisotopic (exact) mass is 311 g/mol. The van der Waals surface area contributed by atoms with Gasteiger partial charge in [-0.25, -0.2) is 0 Å². The molecule has 4 nitrogen and oxygen atoms in total. The lowest BCUT2D eigenvalue weighted by atomic mass is 10.00. The van der Waals surface area contributed by atoms with E-state index in [1.54, 1.807) is 0 Å². The van der Waals surface area contributed by atoms with Crippen molar-refractivity contribution in [3.05, 3.63) is 10.4 Å². The number of hydrogen-bond donors (Lipinski definition) is 0. The third-order valence-electron chi connectivity index (χ3n) is 2.30. The number of rotatable bonds is 4. The number of thioether (sulfide) groups is 1. The van der Waals surface area contributed by atoms with Crippen molar-refractivity contribution in [1.82, 2.24) is 0 Å². The van der Waals surface area contributed by atoms with E-state index in [-0.39, 0.29) is 15.8 Å². The summed E-state index contributed by atoms with van der Waals surface area (Å²) >= 11 is 1.30. The van der Waals surface area contributed by atoms with Crippen LogP contribution in [0.5, 0.6) is 0 Å². The Labute approximate surface area is 127 Å². The first kappa shape index (κ1) is 19.1. The van der Waals surface area contributed by atoms with Gasteiger partial charge in [-0.1, -0.05) is 64.2 Å². The van der Waals surface area contributed by atoms with Gasteiger partial charge in [0.15, 0.2) is 5.12 Å². The molecule has 0 spiro atoms. The molecule has 0 heterocycles. The minimum absolute atomic E-state index is 0.0577. The highest BCUT2D eigenvalue weighted by atomic mass is 32.2. The maximum Gasteiger partial charge on any atom is 0.193 e. The quantitative estimate of drug-likeness (QED) is 0.250. The largest absolute Gasteiger partial charge is 0.287 e. The fourth-order valence-corrected chi connectivity index (χ4v) is 3.08. The Morgan fingerprint density at radius 1 is 1.40 bits per heavy atom. The Kier molecular flexibility index (Phi) is 7.43. The summed E-state index contributed by atoms with van der Waals surface area (Å²) in [5.41, 5.74) is 11.9. The Balaban J connectivity index is 5.26. The molecule has 0 aliphatic heterocycles. The molecule has 0 aromatic rings. The SMILES string of the molecule is CC[C@@H](C(=O)SC(C)(C)C)[C@@H](C#C[Si](C)(C)C)N=[N+]=[N-]. The van der Waals surface area contributed by atoms with E-state index in [9.17, 15) is 4.79 Å². The summed E-state index contributed by atoms with van der Waals surface area (Å²) in [5, 5.41) is 3.80. The molecule has 0 aromatic heterocycles. The molecule has 0 aromatic carbocycles. The van der Waals surface area contributed by atoms with Crippen LogP contribution >= 0.6 is 11.8 Å². The molecule has 6 heteroatoms. The maximum atomic E-state index is 12.4. The predicted molar refractivity (Wildman–Crippen MR) is 90.2 cm³/mol. The summed E-state index contributed by atoms with van der Waals surface area (Å²) < 4.78 is -0.141. The first-order chi connectivity index (χ1) is 9.00. The molecule has 0 aliphatic rings. The lowest BCUT2D eigenvalue weighted by Gasteiger charge is -2.22. The van der Waals surface area contributed by atoms with Gasteiger partial charge < -0.3 is 0 Å². The molecule has 2 atom stereocenters. The smallest absolute Gasteiger partial charge is 0.193 e. The standard InChI is InChI=1S/C14H25N3OSSi/c1-8-11(13(18)19-14(2,3)4)12(16-17-15)9-10-20(5,6)7/h11-12H,8H2,1-7H3/t11-,12-/m1/s1. The zero-order chi connectivity index (χ0) is 16.0. The zero-order valence-electron chi connectivity index (χ0n) is 13.5. The van der Waals surface area contributed by atoms with E-state index in [1.165, 1.54) is 11.8 Å². The number of azide groups is 1. The molecule has 0 bridgehead atoms. The molecular formula is C14H25N3OSSi. The van der Waals surface area contributed by atoms with Gasteiger partial charge in [0.2, 0.25) is 0 Å². The minimum Gasteiger partial charge on any atom is -0.287 e. The number of hydrogen-bond acceptors (Lipinski definition) is 3. The van der Waals surface area contributed by atoms with Gasteiger partial charge in [-0.2, -0.15) is 0 Å². The van der Waals surface area contributed by atoms with E-state index >= 15 is 0 Å². The van der Waals surface area contributed by atoms with Crippen LogP contribution in [0.15, 0.2) is 5.11 Å². The van der Waals surface area contributed by atoms with Crippen LogP contribution in [-0.2, 0) is 4.79 Å². The van der Waals surface area contributed by atoms with Gasteiger partial charge >= 0.3 is 0 Å². The van der Waals surface area contributed by atoms with Crippen molar-refractivity contribution in [1.29, 1.82) is 0 Å². The van der Waals surface area contributed by atoms with E-state index in [0.717, 1.165) is 0 Å². The van der Waals surface area contributed by atoms with E-state index in [2.05, 4.69) is 41.1 Å². The predicted octanol–water partition coefficient (Wildman–Crippen LogP) is 4.63. The molecule has 0 N–H and O–H groups in total. The van der Waals surface area contributed by atoms with Gasteiger partial charge in [0.25, 0.3) is 0 Å². The Morgan fingerprint density at radius 3 is 2.30 bits per heavy atom. The third kappa shape index (κ3) is 8.31. The van der Waals surface area contributed by atoms with Crippen molar-refractivity contribution in [3.8, 4) is 11.5 Å². The Morgan fingerprint density at radius 2 is 1.95 bits per heavy atom. The van der Waals surface area contributed by atoms with Crippen LogP contribution in [0.2, 0.25) is 19.6 Å². The van der Waals surface area contributed by atoms with Crippen LogP contribution < -0.4 is 0 Å². The highest BCUT2D eigenvalue weighted by molar-refractivity contribution is 8.14. The first-order valence-corrected chi connectivity index (χ1v) is 11.1. The molecule has 0 amide bonds. The van der Waals surface area contributed by atoms with E-state index < -0.39 is 14.1 Å². The van der Waals surface area contributed by atoms with Crippen molar-refractivity contribution < 1.29 is 4.79 Å². The highest BCUT2D eigenvalue weighted by Gasteiger charge is 2.29. The maximum absolute atomic E-state index is 12.4. The number of nitrogens with zero attached hydrogens (tertiary/aromatic N) is 3. The number of carbonyl (C=O) groups excluding carboxylic acids is 1. The van der Waals surface area contributed by atoms with Gasteiger partial charge in [0.1, 0.15) is 14.1 Å². The van der Waals surface area contributed by atoms with Crippen molar-refractivity contribution >= 4 is 25.0 Å². The molecule has 0 fully saturated rings. The van der Waals surface area contributed by atoms with Crippen LogP contribution in [-0.4, -0.2) is 24.0 Å². The molecule has 112 valence electrons. The topological polar surface area (TPSA) is 65.8 Å². The van der Waals surface area contributed by atoms with E-state index in [0.29, 0.717) is 6.42 Å². The highest BCUT2D eigenvalue weighted by Crippen LogP contribution is 2.30. The molecular weight excluding hydrogens is 286 g/mol. The van der Waals surface area contributed by atoms with E-state index in [4.69, 9.17) is 5.53 Å². The fraction of sp³-hybridized carbons (Fsp3) is 0.786. The summed E-state index contributed by atoms with van der Waals surface area (Å²) in [7, 11) is -1.55. The Bertz CT molecular complexity index is 448. The van der Waals surface area contributed by atoms with Crippen molar-refractivity contribution in [2.24, 2.45) is 11.0 Å². The van der Waals surface area contributed by atoms with Crippen LogP contribution in [0.1, 0.15) is 34.1 Å². The van der Waals surface area contributed by atoms with Gasteiger partial charge in [-0.15, -0.1) is 11.5 Å². The van der Waals surface area contributed by atoms with Gasteiger partial charge in [-0.3, -0.25) is 4.79 Å². The summed E-state index contributed by atoms with van der Waals surface area (Å²) in [6.07, 6.45) is 0.631. The molecule has 0 saturated carbocycles. The average molecular weight is 312 g/mol. The van der Waals surface area contributed by atoms with Gasteiger partial charge in [0.05, 0.1) is 0 Å². The second-order valence-electron chi connectivity index (χ2n) is 6.72. The third-order valence-corrected chi connectivity index (χ3v) is 4.31. The number of carbonyl (C=O) groups is 1. The van der Waals surface area contributed by atoms with Crippen LogP contribution in [0.3, 0.4) is 0 Å². The van der Waals surface area contributed by atoms with Crippen molar-refractivity contribution in [2.75, 3.05) is 0 Å². The fourth-order valence-electron chi connectivity index (χ4n) is 1.45. The van der Waals surface area contributed by atoms with Crippen molar-refractivity contribution in [3.63, 3.8) is 0 Å². The lowest BCUT2D eigenvalue weighted by Crippen LogP contribution is -2.27. The van der Waals surface area contributed by atoms with E-state index in [1.807, 2.05) is 27.7 Å².